The SMILES string of the molecule is COc1ccc(C(=O)Nc2ccc3c(c2)[C@]2(O[C@@H](CC(=O)N4Cc5ccccc5C[C@H]4CO)[C@H]([Si](C)(C)c4ccc(OC)cc4)[C@H]2C)C(=O)N3Cc2ccccc2)cc1. The van der Waals surface area contributed by atoms with Crippen LogP contribution in [0.5, 0.6) is 11.5 Å². The molecular formula is C48H51N3O7Si. The van der Waals surface area contributed by atoms with Gasteiger partial charge < -0.3 is 34.4 Å². The highest BCUT2D eigenvalue weighted by molar-refractivity contribution is 6.91. The van der Waals surface area contributed by atoms with Gasteiger partial charge in [-0.1, -0.05) is 91.9 Å². The van der Waals surface area contributed by atoms with Crippen LogP contribution >= 0.6 is 0 Å². The Morgan fingerprint density at radius 1 is 0.864 bits per heavy atom. The number of ether oxygens (including phenoxy) is 3. The number of carbonyl (C=O) groups excluding carboxylic acids is 3. The van der Waals surface area contributed by atoms with Crippen molar-refractivity contribution in [1.82, 2.24) is 4.90 Å². The molecule has 1 saturated heterocycles. The van der Waals surface area contributed by atoms with Crippen molar-refractivity contribution in [3.05, 3.63) is 149 Å². The molecule has 304 valence electrons. The zero-order valence-electron chi connectivity index (χ0n) is 34.2. The number of nitrogens with zero attached hydrogens (tertiary/aromatic N) is 2. The number of fused-ring (bicyclic) bond motifs is 3. The minimum atomic E-state index is -2.59. The van der Waals surface area contributed by atoms with E-state index in [0.717, 1.165) is 27.6 Å². The predicted octanol–water partition coefficient (Wildman–Crippen LogP) is 7.05. The molecule has 3 amide bonds. The zero-order valence-corrected chi connectivity index (χ0v) is 35.2. The number of methoxy groups -OCH3 is 2. The second-order valence-corrected chi connectivity index (χ2v) is 21.2. The highest BCUT2D eigenvalue weighted by Crippen LogP contribution is 2.60. The average Bonchev–Trinajstić information content (AvgIpc) is 3.68. The van der Waals surface area contributed by atoms with E-state index in [2.05, 4.69) is 43.5 Å². The van der Waals surface area contributed by atoms with Crippen LogP contribution in [0.2, 0.25) is 18.6 Å². The molecule has 5 aromatic carbocycles. The van der Waals surface area contributed by atoms with Gasteiger partial charge in [0, 0.05) is 29.3 Å². The molecule has 3 aliphatic rings. The van der Waals surface area contributed by atoms with E-state index < -0.39 is 19.8 Å². The third kappa shape index (κ3) is 7.21. The summed E-state index contributed by atoms with van der Waals surface area (Å²) in [6.07, 6.45) is -0.0358. The van der Waals surface area contributed by atoms with E-state index in [1.807, 2.05) is 78.9 Å². The minimum Gasteiger partial charge on any atom is -0.497 e. The monoisotopic (exact) mass is 809 g/mol. The lowest BCUT2D eigenvalue weighted by Gasteiger charge is -2.39. The van der Waals surface area contributed by atoms with Gasteiger partial charge in [-0.25, -0.2) is 0 Å². The third-order valence-electron chi connectivity index (χ3n) is 12.9. The van der Waals surface area contributed by atoms with Gasteiger partial charge in [0.2, 0.25) is 5.91 Å². The fourth-order valence-corrected chi connectivity index (χ4v) is 13.8. The molecule has 5 atom stereocenters. The maximum atomic E-state index is 15.5. The summed E-state index contributed by atoms with van der Waals surface area (Å²) in [6, 6.07) is 38.2. The number of amides is 3. The first-order chi connectivity index (χ1) is 28.5. The molecule has 1 spiro atoms. The van der Waals surface area contributed by atoms with Crippen molar-refractivity contribution < 1.29 is 33.7 Å². The third-order valence-corrected chi connectivity index (χ3v) is 17.3. The molecule has 8 rings (SSSR count). The van der Waals surface area contributed by atoms with Crippen LogP contribution in [-0.4, -0.2) is 68.8 Å². The van der Waals surface area contributed by atoms with Crippen LogP contribution < -0.4 is 24.9 Å². The highest BCUT2D eigenvalue weighted by Gasteiger charge is 2.66. The molecule has 10 nitrogen and oxygen atoms in total. The first-order valence-corrected chi connectivity index (χ1v) is 23.3. The molecule has 3 heterocycles. The molecule has 0 unspecified atom stereocenters. The Labute approximate surface area is 346 Å². The lowest BCUT2D eigenvalue weighted by Crippen LogP contribution is -2.52. The van der Waals surface area contributed by atoms with Gasteiger partial charge in [-0.3, -0.25) is 14.4 Å². The maximum Gasteiger partial charge on any atom is 0.264 e. The Balaban J connectivity index is 1.21. The number of rotatable bonds is 11. The van der Waals surface area contributed by atoms with Crippen molar-refractivity contribution in [2.75, 3.05) is 31.0 Å². The smallest absolute Gasteiger partial charge is 0.264 e. The van der Waals surface area contributed by atoms with E-state index >= 15 is 4.79 Å². The van der Waals surface area contributed by atoms with E-state index in [-0.39, 0.29) is 48.3 Å². The topological polar surface area (TPSA) is 118 Å². The summed E-state index contributed by atoms with van der Waals surface area (Å²) in [7, 11) is 0.632. The summed E-state index contributed by atoms with van der Waals surface area (Å²) in [5, 5.41) is 14.8. The highest BCUT2D eigenvalue weighted by atomic mass is 28.3. The fraction of sp³-hybridized carbons (Fsp3) is 0.312. The van der Waals surface area contributed by atoms with Gasteiger partial charge >= 0.3 is 0 Å². The van der Waals surface area contributed by atoms with E-state index in [0.29, 0.717) is 47.8 Å². The Kier molecular flexibility index (Phi) is 10.9. The largest absolute Gasteiger partial charge is 0.497 e. The summed E-state index contributed by atoms with van der Waals surface area (Å²) in [4.78, 5) is 47.3. The van der Waals surface area contributed by atoms with E-state index in [1.165, 1.54) is 0 Å². The van der Waals surface area contributed by atoms with Crippen LogP contribution in [-0.2, 0) is 39.4 Å². The van der Waals surface area contributed by atoms with Crippen LogP contribution in [0, 0.1) is 5.92 Å². The second kappa shape index (κ2) is 16.1. The van der Waals surface area contributed by atoms with Gasteiger partial charge in [0.1, 0.15) is 11.5 Å². The standard InChI is InChI=1S/C48H51N3O7Si/c1-31-45(59(4,5)40-22-20-39(57-3)21-23-40)43(27-44(53)50-29-35-14-10-9-13-34(35)25-37(50)30-52)58-48(31)41-26-36(49-46(54)33-15-18-38(56-2)19-16-33)17-24-42(41)51(47(48)55)28-32-11-7-6-8-12-32/h6-24,26,31,37,43,45,52H,25,27-30H2,1-5H3,(H,49,54)/t31-,37+,43+,45-,48+/m1/s1. The van der Waals surface area contributed by atoms with E-state index in [1.54, 1.807) is 48.3 Å². The van der Waals surface area contributed by atoms with Crippen molar-refractivity contribution in [2.45, 2.75) is 69.2 Å². The summed E-state index contributed by atoms with van der Waals surface area (Å²) < 4.78 is 18.2. The normalized spacial score (nSPS) is 22.2. The lowest BCUT2D eigenvalue weighted by atomic mass is 9.82. The van der Waals surface area contributed by atoms with Gasteiger partial charge in [-0.2, -0.15) is 0 Å². The van der Waals surface area contributed by atoms with Crippen LogP contribution in [0.15, 0.2) is 121 Å². The summed E-state index contributed by atoms with van der Waals surface area (Å²) in [5.41, 5.74) is 3.85. The molecular weight excluding hydrogens is 759 g/mol. The zero-order chi connectivity index (χ0) is 41.5. The van der Waals surface area contributed by atoms with E-state index in [4.69, 9.17) is 14.2 Å². The Morgan fingerprint density at radius 3 is 2.17 bits per heavy atom. The number of carbonyl (C=O) groups is 3. The van der Waals surface area contributed by atoms with Crippen molar-refractivity contribution in [3.8, 4) is 11.5 Å². The minimum absolute atomic E-state index is 0.0389. The molecule has 11 heteroatoms. The molecule has 1 fully saturated rings. The lowest BCUT2D eigenvalue weighted by molar-refractivity contribution is -0.151. The number of hydrogen-bond donors (Lipinski definition) is 2. The fourth-order valence-electron chi connectivity index (χ4n) is 9.79. The van der Waals surface area contributed by atoms with Gasteiger partial charge in [-0.05, 0) is 83.2 Å². The van der Waals surface area contributed by atoms with Gasteiger partial charge in [0.05, 0.1) is 59.7 Å². The molecule has 2 N–H and O–H groups in total. The molecule has 0 radical (unpaired) electrons. The molecule has 0 saturated carbocycles. The molecule has 59 heavy (non-hydrogen) atoms. The van der Waals surface area contributed by atoms with Crippen LogP contribution in [0.1, 0.15) is 46.0 Å². The van der Waals surface area contributed by atoms with Crippen molar-refractivity contribution in [2.24, 2.45) is 5.92 Å². The first kappa shape index (κ1) is 40.0. The maximum absolute atomic E-state index is 15.5. The number of benzene rings is 5. The Morgan fingerprint density at radius 2 is 1.51 bits per heavy atom. The molecule has 3 aliphatic heterocycles. The van der Waals surface area contributed by atoms with E-state index in [9.17, 15) is 14.7 Å². The van der Waals surface area contributed by atoms with Gasteiger partial charge in [0.15, 0.2) is 5.60 Å². The first-order valence-electron chi connectivity index (χ1n) is 20.2. The summed E-state index contributed by atoms with van der Waals surface area (Å²) in [5.74, 6) is 0.402. The van der Waals surface area contributed by atoms with Gasteiger partial charge in [-0.15, -0.1) is 0 Å². The number of nitrogens with one attached hydrogen (secondary N) is 1. The van der Waals surface area contributed by atoms with Gasteiger partial charge in [0.25, 0.3) is 11.8 Å². The Bertz CT molecular complexity index is 2350. The van der Waals surface area contributed by atoms with Crippen molar-refractivity contribution in [3.63, 3.8) is 0 Å². The second-order valence-electron chi connectivity index (χ2n) is 16.5. The number of hydrogen-bond acceptors (Lipinski definition) is 7. The Hall–Kier alpha value is -5.75. The van der Waals surface area contributed by atoms with Crippen molar-refractivity contribution in [1.29, 1.82) is 0 Å². The molecule has 5 aromatic rings. The molecule has 0 aliphatic carbocycles. The average molecular weight is 810 g/mol. The van der Waals surface area contributed by atoms with Crippen LogP contribution in [0.4, 0.5) is 11.4 Å². The summed E-state index contributed by atoms with van der Waals surface area (Å²) >= 11 is 0. The quantitative estimate of drug-likeness (QED) is 0.137. The summed E-state index contributed by atoms with van der Waals surface area (Å²) in [6.45, 7) is 7.22. The molecule has 0 bridgehead atoms. The predicted molar refractivity (Wildman–Crippen MR) is 231 cm³/mol. The number of aliphatic hydroxyl groups excluding tert-OH is 1. The van der Waals surface area contributed by atoms with Crippen LogP contribution in [0.25, 0.3) is 0 Å². The number of anilines is 2. The number of aliphatic hydroxyl groups is 1. The van der Waals surface area contributed by atoms with Crippen molar-refractivity contribution >= 4 is 42.4 Å². The van der Waals surface area contributed by atoms with Crippen LogP contribution in [0.3, 0.4) is 0 Å². The molecule has 0 aromatic heterocycles.